The van der Waals surface area contributed by atoms with E-state index >= 15 is 0 Å². The Balaban J connectivity index is 1.77. The Labute approximate surface area is 148 Å². The Morgan fingerprint density at radius 3 is 2.50 bits per heavy atom. The highest BCUT2D eigenvalue weighted by Crippen LogP contribution is 2.14. The number of nitrogens with zero attached hydrogens (tertiary/aromatic N) is 1. The lowest BCUT2D eigenvalue weighted by molar-refractivity contribution is -0.130. The lowest BCUT2D eigenvalue weighted by Crippen LogP contribution is -2.38. The number of thioether (sulfide) groups is 1. The average Bonchev–Trinajstić information content (AvgIpc) is 2.57. The molecular weight excluding hydrogens is 324 g/mol. The van der Waals surface area contributed by atoms with E-state index in [2.05, 4.69) is 5.32 Å². The third-order valence-electron chi connectivity index (χ3n) is 3.74. The first-order chi connectivity index (χ1) is 11.5. The van der Waals surface area contributed by atoms with Crippen molar-refractivity contribution in [2.45, 2.75) is 32.8 Å². The van der Waals surface area contributed by atoms with Crippen molar-refractivity contribution >= 4 is 29.3 Å². The molecule has 1 heterocycles. The van der Waals surface area contributed by atoms with Crippen molar-refractivity contribution in [2.24, 2.45) is 0 Å². The predicted octanol–water partition coefficient (Wildman–Crippen LogP) is 2.56. The van der Waals surface area contributed by atoms with Gasteiger partial charge >= 0.3 is 0 Å². The lowest BCUT2D eigenvalue weighted by Gasteiger charge is -2.26. The van der Waals surface area contributed by atoms with Gasteiger partial charge in [0.25, 0.3) is 0 Å². The van der Waals surface area contributed by atoms with Crippen molar-refractivity contribution in [3.8, 4) is 0 Å². The molecule has 1 aromatic rings. The van der Waals surface area contributed by atoms with Crippen LogP contribution < -0.4 is 5.32 Å². The Morgan fingerprint density at radius 1 is 1.21 bits per heavy atom. The molecule has 1 aliphatic rings. The second kappa shape index (κ2) is 9.69. The molecule has 1 aliphatic heterocycles. The summed E-state index contributed by atoms with van der Waals surface area (Å²) in [6.07, 6.45) is 0.889. The van der Waals surface area contributed by atoms with Gasteiger partial charge in [0.05, 0.1) is 25.6 Å². The molecule has 0 spiro atoms. The van der Waals surface area contributed by atoms with Crippen LogP contribution in [0.25, 0.3) is 0 Å². The summed E-state index contributed by atoms with van der Waals surface area (Å²) in [7, 11) is 0. The van der Waals surface area contributed by atoms with Crippen molar-refractivity contribution in [1.29, 1.82) is 0 Å². The van der Waals surface area contributed by atoms with E-state index in [1.54, 1.807) is 0 Å². The van der Waals surface area contributed by atoms with Crippen molar-refractivity contribution in [1.82, 2.24) is 4.90 Å². The molecule has 1 saturated heterocycles. The van der Waals surface area contributed by atoms with Gasteiger partial charge in [-0.3, -0.25) is 9.59 Å². The fraction of sp³-hybridized carbons (Fsp3) is 0.556. The normalized spacial score (nSPS) is 14.7. The number of amides is 2. The maximum atomic E-state index is 12.2. The molecule has 24 heavy (non-hydrogen) atoms. The molecule has 0 unspecified atom stereocenters. The summed E-state index contributed by atoms with van der Waals surface area (Å²) in [5.74, 6) is 2.16. The smallest absolute Gasteiger partial charge is 0.227 e. The number of hydrogen-bond donors (Lipinski definition) is 1. The minimum atomic E-state index is -0.0645. The van der Waals surface area contributed by atoms with Crippen LogP contribution in [-0.4, -0.2) is 54.0 Å². The number of benzene rings is 1. The SMILES string of the molecule is CC(C)OCCC(=O)Nc1ccc(CC(=O)N2CCSCC2)cc1. The molecule has 132 valence electrons. The van der Waals surface area contributed by atoms with E-state index in [0.29, 0.717) is 19.4 Å². The average molecular weight is 350 g/mol. The van der Waals surface area contributed by atoms with E-state index in [9.17, 15) is 9.59 Å². The number of nitrogens with one attached hydrogen (secondary N) is 1. The fourth-order valence-corrected chi connectivity index (χ4v) is 3.32. The molecule has 1 aromatic carbocycles. The molecule has 5 nitrogen and oxygen atoms in total. The van der Waals surface area contributed by atoms with Crippen LogP contribution in [-0.2, 0) is 20.7 Å². The number of carbonyl (C=O) groups excluding carboxylic acids is 2. The highest BCUT2D eigenvalue weighted by molar-refractivity contribution is 7.99. The van der Waals surface area contributed by atoms with Crippen molar-refractivity contribution in [3.63, 3.8) is 0 Å². The fourth-order valence-electron chi connectivity index (χ4n) is 2.42. The molecule has 0 radical (unpaired) electrons. The van der Waals surface area contributed by atoms with E-state index in [0.717, 1.165) is 35.8 Å². The summed E-state index contributed by atoms with van der Waals surface area (Å²) < 4.78 is 5.37. The highest BCUT2D eigenvalue weighted by Gasteiger charge is 2.16. The van der Waals surface area contributed by atoms with Gasteiger partial charge in [-0.1, -0.05) is 12.1 Å². The van der Waals surface area contributed by atoms with Crippen LogP contribution in [0.2, 0.25) is 0 Å². The third kappa shape index (κ3) is 6.53. The molecule has 0 atom stereocenters. The van der Waals surface area contributed by atoms with Gasteiger partial charge in [-0.15, -0.1) is 0 Å². The molecule has 1 N–H and O–H groups in total. The van der Waals surface area contributed by atoms with Crippen LogP contribution in [0.3, 0.4) is 0 Å². The van der Waals surface area contributed by atoms with Crippen LogP contribution >= 0.6 is 11.8 Å². The van der Waals surface area contributed by atoms with Gasteiger partial charge < -0.3 is 15.0 Å². The number of carbonyl (C=O) groups is 2. The van der Waals surface area contributed by atoms with Crippen molar-refractivity contribution < 1.29 is 14.3 Å². The number of anilines is 1. The Morgan fingerprint density at radius 2 is 1.88 bits per heavy atom. The summed E-state index contributed by atoms with van der Waals surface area (Å²) >= 11 is 1.89. The summed E-state index contributed by atoms with van der Waals surface area (Å²) in [5, 5.41) is 2.84. The van der Waals surface area contributed by atoms with Crippen LogP contribution in [0.4, 0.5) is 5.69 Å². The van der Waals surface area contributed by atoms with Gasteiger partial charge in [-0.05, 0) is 31.5 Å². The van der Waals surface area contributed by atoms with Crippen LogP contribution in [0.1, 0.15) is 25.8 Å². The van der Waals surface area contributed by atoms with Crippen molar-refractivity contribution in [2.75, 3.05) is 36.5 Å². The summed E-state index contributed by atoms with van der Waals surface area (Å²) in [6, 6.07) is 7.49. The topological polar surface area (TPSA) is 58.6 Å². The second-order valence-corrected chi connectivity index (χ2v) is 7.31. The van der Waals surface area contributed by atoms with Crippen LogP contribution in [0.15, 0.2) is 24.3 Å². The molecule has 0 aliphatic carbocycles. The van der Waals surface area contributed by atoms with E-state index in [4.69, 9.17) is 4.74 Å². The molecule has 0 bridgehead atoms. The van der Waals surface area contributed by atoms with Gasteiger partial charge in [0.1, 0.15) is 0 Å². The molecule has 6 heteroatoms. The quantitative estimate of drug-likeness (QED) is 0.821. The number of ether oxygens (including phenoxy) is 1. The Hall–Kier alpha value is -1.53. The molecule has 0 aromatic heterocycles. The van der Waals surface area contributed by atoms with Gasteiger partial charge in [0.15, 0.2) is 0 Å². The molecule has 2 rings (SSSR count). The maximum Gasteiger partial charge on any atom is 0.227 e. The van der Waals surface area contributed by atoms with Gasteiger partial charge in [0, 0.05) is 30.3 Å². The predicted molar refractivity (Wildman–Crippen MR) is 98.4 cm³/mol. The monoisotopic (exact) mass is 350 g/mol. The zero-order chi connectivity index (χ0) is 17.4. The maximum absolute atomic E-state index is 12.2. The molecule has 1 fully saturated rings. The standard InChI is InChI=1S/C18H26N2O3S/c1-14(2)23-10-7-17(21)19-16-5-3-15(4-6-16)13-18(22)20-8-11-24-12-9-20/h3-6,14H,7-13H2,1-2H3,(H,19,21). The highest BCUT2D eigenvalue weighted by atomic mass is 32.2. The zero-order valence-corrected chi connectivity index (χ0v) is 15.2. The summed E-state index contributed by atoms with van der Waals surface area (Å²) in [6.45, 7) is 6.00. The third-order valence-corrected chi connectivity index (χ3v) is 4.68. The minimum absolute atomic E-state index is 0.0645. The molecular formula is C18H26N2O3S. The van der Waals surface area contributed by atoms with Gasteiger partial charge in [-0.2, -0.15) is 11.8 Å². The van der Waals surface area contributed by atoms with E-state index in [1.807, 2.05) is 54.8 Å². The Kier molecular flexibility index (Phi) is 7.59. The second-order valence-electron chi connectivity index (χ2n) is 6.08. The Bertz CT molecular complexity index is 540. The summed E-state index contributed by atoms with van der Waals surface area (Å²) in [5.41, 5.74) is 1.72. The first-order valence-electron chi connectivity index (χ1n) is 8.40. The lowest BCUT2D eigenvalue weighted by atomic mass is 10.1. The minimum Gasteiger partial charge on any atom is -0.378 e. The number of rotatable bonds is 7. The first kappa shape index (κ1) is 18.8. The summed E-state index contributed by atoms with van der Waals surface area (Å²) in [4.78, 5) is 26.0. The van der Waals surface area contributed by atoms with E-state index in [1.165, 1.54) is 0 Å². The first-order valence-corrected chi connectivity index (χ1v) is 9.56. The number of hydrogen-bond acceptors (Lipinski definition) is 4. The van der Waals surface area contributed by atoms with Crippen LogP contribution in [0, 0.1) is 0 Å². The van der Waals surface area contributed by atoms with Crippen LogP contribution in [0.5, 0.6) is 0 Å². The van der Waals surface area contributed by atoms with E-state index < -0.39 is 0 Å². The zero-order valence-electron chi connectivity index (χ0n) is 14.4. The molecule has 0 saturated carbocycles. The van der Waals surface area contributed by atoms with Gasteiger partial charge in [-0.25, -0.2) is 0 Å². The van der Waals surface area contributed by atoms with Crippen molar-refractivity contribution in [3.05, 3.63) is 29.8 Å². The molecule has 2 amide bonds. The largest absolute Gasteiger partial charge is 0.378 e. The van der Waals surface area contributed by atoms with E-state index in [-0.39, 0.29) is 17.9 Å². The van der Waals surface area contributed by atoms with Gasteiger partial charge in [0.2, 0.25) is 11.8 Å².